The summed E-state index contributed by atoms with van der Waals surface area (Å²) in [7, 11) is -4.59. The maximum absolute atomic E-state index is 15.8. The summed E-state index contributed by atoms with van der Waals surface area (Å²) >= 11 is 0. The van der Waals surface area contributed by atoms with Crippen molar-refractivity contribution in [1.29, 1.82) is 0 Å². The average Bonchev–Trinajstić information content (AvgIpc) is 3.07. The molecule has 0 bridgehead atoms. The van der Waals surface area contributed by atoms with E-state index in [0.29, 0.717) is 0 Å². The van der Waals surface area contributed by atoms with Gasteiger partial charge < -0.3 is 15.3 Å². The zero-order valence-electron chi connectivity index (χ0n) is 29.3. The van der Waals surface area contributed by atoms with Gasteiger partial charge in [0.05, 0.1) is 0 Å². The molecule has 0 amide bonds. The Labute approximate surface area is 294 Å². The second-order valence-electron chi connectivity index (χ2n) is 14.2. The lowest BCUT2D eigenvalue weighted by Crippen LogP contribution is -2.44. The molecule has 0 radical (unpaired) electrons. The molecule has 50 heavy (non-hydrogen) atoms. The number of phosphoric ester groups is 1. The lowest BCUT2D eigenvalue weighted by atomic mass is 9.72. The van der Waals surface area contributed by atoms with Crippen molar-refractivity contribution in [2.24, 2.45) is 0 Å². The van der Waals surface area contributed by atoms with Crippen molar-refractivity contribution in [3.63, 3.8) is 0 Å². The highest BCUT2D eigenvalue weighted by molar-refractivity contribution is 7.48. The molecule has 0 aromatic heterocycles. The van der Waals surface area contributed by atoms with E-state index in [1.165, 1.54) is 0 Å². The minimum Gasteiger partial charge on any atom is -0.508 e. The molecule has 6 rings (SSSR count). The van der Waals surface area contributed by atoms with Gasteiger partial charge in [0.1, 0.15) is 35.6 Å². The largest absolute Gasteiger partial charge is 0.508 e. The fraction of sp³-hybridized carbons (Fsp3) is 0.286. The topological polar surface area (TPSA) is 105 Å². The van der Waals surface area contributed by atoms with Crippen LogP contribution in [0, 0.1) is 0 Å². The van der Waals surface area contributed by atoms with Crippen molar-refractivity contribution in [2.45, 2.75) is 76.1 Å². The third kappa shape index (κ3) is 6.59. The minimum absolute atomic E-state index is 0.104. The van der Waals surface area contributed by atoms with E-state index in [9.17, 15) is 15.3 Å². The first-order valence-electron chi connectivity index (χ1n) is 16.8. The van der Waals surface area contributed by atoms with Crippen molar-refractivity contribution >= 4 is 7.82 Å². The van der Waals surface area contributed by atoms with Gasteiger partial charge >= 0.3 is 7.82 Å². The molecule has 8 heteroatoms. The number of phenols is 3. The summed E-state index contributed by atoms with van der Waals surface area (Å²) in [5.41, 5.74) is 2.09. The molecule has 6 atom stereocenters. The van der Waals surface area contributed by atoms with Gasteiger partial charge in [-0.25, -0.2) is 4.57 Å². The molecule has 3 aliphatic rings. The molecule has 3 aliphatic carbocycles. The molecule has 0 fully saturated rings. The molecule has 260 valence electrons. The number of hydrogen-bond acceptors (Lipinski definition) is 7. The number of phosphoric acid groups is 1. The van der Waals surface area contributed by atoms with Crippen LogP contribution in [-0.4, -0.2) is 33.6 Å². The predicted octanol–water partition coefficient (Wildman–Crippen LogP) is 9.79. The highest BCUT2D eigenvalue weighted by Crippen LogP contribution is 2.61. The van der Waals surface area contributed by atoms with Crippen LogP contribution in [0.3, 0.4) is 0 Å². The fourth-order valence-corrected chi connectivity index (χ4v) is 9.53. The zero-order chi connectivity index (χ0) is 35.9. The molecule has 7 nitrogen and oxygen atoms in total. The first-order valence-corrected chi connectivity index (χ1v) is 18.2. The molecule has 3 aromatic carbocycles. The standard InChI is InChI=1S/C42H45O7P/c1-28-13-10-22-40(4,31-16-7-19-34(43)25-31)37(28)47-50(46,48-38-29(2)14-11-23-41(38,5)32-17-8-20-35(44)26-32)49-39-30(3)15-12-24-42(39,6)33-18-9-21-36(45)27-33/h7-27,37-39,43-45H,1-6H3. The van der Waals surface area contributed by atoms with Crippen LogP contribution in [0.25, 0.3) is 0 Å². The monoisotopic (exact) mass is 692 g/mol. The summed E-state index contributed by atoms with van der Waals surface area (Å²) in [5.74, 6) is 0.311. The molecule has 0 aliphatic heterocycles. The van der Waals surface area contributed by atoms with Crippen molar-refractivity contribution in [3.8, 4) is 17.2 Å². The Morgan fingerprint density at radius 2 is 0.800 bits per heavy atom. The van der Waals surface area contributed by atoms with Gasteiger partial charge in [-0.15, -0.1) is 0 Å². The van der Waals surface area contributed by atoms with E-state index in [2.05, 4.69) is 0 Å². The summed E-state index contributed by atoms with van der Waals surface area (Å²) in [5, 5.41) is 31.4. The second-order valence-corrected chi connectivity index (χ2v) is 15.7. The number of hydrogen-bond donors (Lipinski definition) is 3. The fourth-order valence-electron chi connectivity index (χ4n) is 7.45. The first-order chi connectivity index (χ1) is 23.7. The van der Waals surface area contributed by atoms with Gasteiger partial charge in [-0.2, -0.15) is 0 Å². The first kappa shape index (κ1) is 35.4. The van der Waals surface area contributed by atoms with Crippen LogP contribution in [0.4, 0.5) is 0 Å². The maximum Gasteiger partial charge on any atom is 0.476 e. The van der Waals surface area contributed by atoms with E-state index in [-0.39, 0.29) is 17.2 Å². The van der Waals surface area contributed by atoms with Crippen molar-refractivity contribution in [1.82, 2.24) is 0 Å². The van der Waals surface area contributed by atoms with Gasteiger partial charge in [-0.3, -0.25) is 13.6 Å². The van der Waals surface area contributed by atoms with Gasteiger partial charge in [0.15, 0.2) is 0 Å². The van der Waals surface area contributed by atoms with Crippen LogP contribution in [0.5, 0.6) is 17.2 Å². The Kier molecular flexibility index (Phi) is 9.49. The zero-order valence-corrected chi connectivity index (χ0v) is 30.2. The molecular formula is C42H45O7P. The van der Waals surface area contributed by atoms with E-state index in [4.69, 9.17) is 13.6 Å². The van der Waals surface area contributed by atoms with E-state index in [0.717, 1.165) is 33.4 Å². The Morgan fingerprint density at radius 1 is 0.520 bits per heavy atom. The van der Waals surface area contributed by atoms with Crippen molar-refractivity contribution in [3.05, 3.63) is 161 Å². The lowest BCUT2D eigenvalue weighted by Gasteiger charge is -2.45. The molecular weight excluding hydrogens is 647 g/mol. The molecule has 0 heterocycles. The van der Waals surface area contributed by atoms with Crippen LogP contribution in [0.15, 0.2) is 144 Å². The minimum atomic E-state index is -4.59. The Bertz CT molecular complexity index is 1790. The maximum atomic E-state index is 15.8. The summed E-state index contributed by atoms with van der Waals surface area (Å²) in [6.45, 7) is 11.7. The normalized spacial score (nSPS) is 30.3. The highest BCUT2D eigenvalue weighted by Gasteiger charge is 2.51. The van der Waals surface area contributed by atoms with E-state index in [1.807, 2.05) is 114 Å². The SMILES string of the molecule is CC1=CC=CC(C)(c2cccc(O)c2)C1OP(=O)(OC1C(C)=CC=CC1(C)c1cccc(O)c1)OC1C(C)=CC=CC1(C)c1cccc(O)c1. The second kappa shape index (κ2) is 13.4. The smallest absolute Gasteiger partial charge is 0.476 e. The summed E-state index contributed by atoms with van der Waals surface area (Å²) in [6.07, 6.45) is 15.0. The van der Waals surface area contributed by atoms with Crippen LogP contribution >= 0.6 is 7.82 Å². The number of benzene rings is 3. The van der Waals surface area contributed by atoms with Crippen LogP contribution in [0.1, 0.15) is 58.2 Å². The summed E-state index contributed by atoms with van der Waals surface area (Å²) in [6, 6.07) is 20.9. The molecule has 3 N–H and O–H groups in total. The number of allylic oxidation sites excluding steroid dienone is 6. The summed E-state index contributed by atoms with van der Waals surface area (Å²) in [4.78, 5) is 0. The van der Waals surface area contributed by atoms with Gasteiger partial charge in [0, 0.05) is 16.2 Å². The van der Waals surface area contributed by atoms with E-state index < -0.39 is 42.4 Å². The van der Waals surface area contributed by atoms with Gasteiger partial charge in [-0.05, 0) is 111 Å². The molecule has 0 saturated carbocycles. The Morgan fingerprint density at radius 3 is 1.06 bits per heavy atom. The summed E-state index contributed by atoms with van der Waals surface area (Å²) < 4.78 is 36.3. The van der Waals surface area contributed by atoms with Crippen LogP contribution in [-0.2, 0) is 34.4 Å². The van der Waals surface area contributed by atoms with Crippen LogP contribution in [0.2, 0.25) is 0 Å². The van der Waals surface area contributed by atoms with Gasteiger partial charge in [-0.1, -0.05) is 91.1 Å². The Hall–Kier alpha value is -4.39. The predicted molar refractivity (Wildman–Crippen MR) is 197 cm³/mol. The van der Waals surface area contributed by atoms with Gasteiger partial charge in [0.2, 0.25) is 0 Å². The number of phenolic OH excluding ortho intramolecular Hbond substituents is 3. The highest BCUT2D eigenvalue weighted by atomic mass is 31.2. The molecule has 0 saturated heterocycles. The molecule has 6 unspecified atom stereocenters. The third-order valence-electron chi connectivity index (χ3n) is 10.4. The Balaban J connectivity index is 1.49. The van der Waals surface area contributed by atoms with Crippen LogP contribution < -0.4 is 0 Å². The lowest BCUT2D eigenvalue weighted by molar-refractivity contribution is 0.0170. The third-order valence-corrected chi connectivity index (χ3v) is 11.8. The van der Waals surface area contributed by atoms with E-state index in [1.54, 1.807) is 54.6 Å². The number of aromatic hydroxyl groups is 3. The number of rotatable bonds is 9. The quantitative estimate of drug-likeness (QED) is 0.192. The van der Waals surface area contributed by atoms with Gasteiger partial charge in [0.25, 0.3) is 0 Å². The average molecular weight is 693 g/mol. The molecule has 0 spiro atoms. The van der Waals surface area contributed by atoms with Crippen molar-refractivity contribution < 1.29 is 33.5 Å². The molecule has 3 aromatic rings. The van der Waals surface area contributed by atoms with E-state index >= 15 is 4.57 Å². The van der Waals surface area contributed by atoms with Crippen molar-refractivity contribution in [2.75, 3.05) is 0 Å².